The maximum Gasteiger partial charge on any atom is 0.333 e. The number of phenolic OH excluding ortho intramolecular Hbond substituents is 1. The predicted molar refractivity (Wildman–Crippen MR) is 51.2 cm³/mol. The number of phenols is 1. The van der Waals surface area contributed by atoms with Gasteiger partial charge in [-0.1, -0.05) is 12.1 Å². The SMILES string of the molecule is Cc1cccc(O)c1CNS(=O)(=O)O. The van der Waals surface area contributed by atoms with Gasteiger partial charge in [-0.15, -0.1) is 0 Å². The third-order valence-corrected chi connectivity index (χ3v) is 2.33. The van der Waals surface area contributed by atoms with E-state index in [1.807, 2.05) is 4.72 Å². The first kappa shape index (κ1) is 11.0. The van der Waals surface area contributed by atoms with E-state index in [1.54, 1.807) is 19.1 Å². The molecule has 1 rings (SSSR count). The van der Waals surface area contributed by atoms with Gasteiger partial charge >= 0.3 is 10.3 Å². The maximum atomic E-state index is 10.4. The molecule has 1 aromatic rings. The van der Waals surface area contributed by atoms with Gasteiger partial charge in [-0.25, -0.2) is 0 Å². The van der Waals surface area contributed by atoms with Crippen LogP contribution in [0.15, 0.2) is 18.2 Å². The molecule has 0 saturated carbocycles. The average Bonchev–Trinajstić information content (AvgIpc) is 2.01. The lowest BCUT2D eigenvalue weighted by atomic mass is 10.1. The van der Waals surface area contributed by atoms with Crippen molar-refractivity contribution in [2.24, 2.45) is 0 Å². The van der Waals surface area contributed by atoms with Crippen LogP contribution in [0.5, 0.6) is 5.75 Å². The molecule has 5 nitrogen and oxygen atoms in total. The van der Waals surface area contributed by atoms with Crippen LogP contribution in [0.1, 0.15) is 11.1 Å². The second kappa shape index (κ2) is 3.95. The fourth-order valence-electron chi connectivity index (χ4n) is 1.08. The molecule has 0 aliphatic carbocycles. The molecule has 14 heavy (non-hydrogen) atoms. The highest BCUT2D eigenvalue weighted by Gasteiger charge is 2.08. The van der Waals surface area contributed by atoms with Gasteiger partial charge in [-0.3, -0.25) is 4.55 Å². The quantitative estimate of drug-likeness (QED) is 0.647. The predicted octanol–water partition coefficient (Wildman–Crippen LogP) is 0.593. The van der Waals surface area contributed by atoms with E-state index in [9.17, 15) is 13.5 Å². The Morgan fingerprint density at radius 1 is 1.43 bits per heavy atom. The molecule has 0 spiro atoms. The molecular formula is C8H11NO4S. The summed E-state index contributed by atoms with van der Waals surface area (Å²) in [6.45, 7) is 1.61. The summed E-state index contributed by atoms with van der Waals surface area (Å²) in [4.78, 5) is 0. The number of nitrogens with one attached hydrogen (secondary N) is 1. The molecule has 78 valence electrons. The van der Waals surface area contributed by atoms with E-state index in [0.717, 1.165) is 5.56 Å². The summed E-state index contributed by atoms with van der Waals surface area (Å²) in [6.07, 6.45) is 0. The minimum absolute atomic E-state index is 0.00106. The van der Waals surface area contributed by atoms with E-state index in [1.165, 1.54) is 6.07 Å². The van der Waals surface area contributed by atoms with Gasteiger partial charge in [0.15, 0.2) is 0 Å². The van der Waals surface area contributed by atoms with Crippen molar-refractivity contribution in [3.63, 3.8) is 0 Å². The highest BCUT2D eigenvalue weighted by Crippen LogP contribution is 2.19. The Labute approximate surface area is 82.3 Å². The molecule has 3 N–H and O–H groups in total. The first-order chi connectivity index (χ1) is 6.40. The van der Waals surface area contributed by atoms with Crippen LogP contribution in [0.3, 0.4) is 0 Å². The van der Waals surface area contributed by atoms with Gasteiger partial charge in [0.1, 0.15) is 5.75 Å². The van der Waals surface area contributed by atoms with Gasteiger partial charge in [0.25, 0.3) is 0 Å². The summed E-state index contributed by atoms with van der Waals surface area (Å²) in [7, 11) is -4.22. The first-order valence-corrected chi connectivity index (χ1v) is 5.33. The zero-order valence-corrected chi connectivity index (χ0v) is 8.37. The fourth-order valence-corrected chi connectivity index (χ4v) is 1.41. The van der Waals surface area contributed by atoms with Crippen LogP contribution in [0, 0.1) is 6.92 Å². The Morgan fingerprint density at radius 3 is 2.57 bits per heavy atom. The van der Waals surface area contributed by atoms with E-state index >= 15 is 0 Å². The lowest BCUT2D eigenvalue weighted by Crippen LogP contribution is -2.22. The average molecular weight is 217 g/mol. The van der Waals surface area contributed by atoms with Crippen LogP contribution < -0.4 is 4.72 Å². The van der Waals surface area contributed by atoms with Crippen molar-refractivity contribution in [2.75, 3.05) is 0 Å². The minimum Gasteiger partial charge on any atom is -0.508 e. The molecule has 0 amide bonds. The van der Waals surface area contributed by atoms with Crippen molar-refractivity contribution in [3.05, 3.63) is 29.3 Å². The largest absolute Gasteiger partial charge is 0.508 e. The Bertz CT molecular complexity index is 407. The van der Waals surface area contributed by atoms with Crippen LogP contribution in [-0.2, 0) is 16.8 Å². The number of benzene rings is 1. The summed E-state index contributed by atoms with van der Waals surface area (Å²) >= 11 is 0. The second-order valence-corrected chi connectivity index (χ2v) is 4.11. The molecule has 0 fully saturated rings. The van der Waals surface area contributed by atoms with Gasteiger partial charge in [-0.2, -0.15) is 13.1 Å². The van der Waals surface area contributed by atoms with E-state index in [0.29, 0.717) is 5.56 Å². The summed E-state index contributed by atoms with van der Waals surface area (Å²) in [5.74, 6) is 0.00106. The molecule has 0 aromatic heterocycles. The van der Waals surface area contributed by atoms with Crippen molar-refractivity contribution in [3.8, 4) is 5.75 Å². The van der Waals surface area contributed by atoms with Gasteiger partial charge in [0.05, 0.1) is 0 Å². The van der Waals surface area contributed by atoms with Gasteiger partial charge < -0.3 is 5.11 Å². The van der Waals surface area contributed by atoms with E-state index < -0.39 is 10.3 Å². The van der Waals surface area contributed by atoms with Gasteiger partial charge in [0, 0.05) is 12.1 Å². The number of aromatic hydroxyl groups is 1. The third kappa shape index (κ3) is 2.99. The standard InChI is InChI=1S/C8H11NO4S/c1-6-3-2-4-8(10)7(6)5-9-14(11,12)13/h2-4,9-10H,5H2,1H3,(H,11,12,13). The molecule has 0 atom stereocenters. The molecule has 0 aliphatic heterocycles. The Balaban J connectivity index is 2.87. The zero-order chi connectivity index (χ0) is 10.8. The minimum atomic E-state index is -4.22. The smallest absolute Gasteiger partial charge is 0.333 e. The second-order valence-electron chi connectivity index (χ2n) is 2.87. The number of hydrogen-bond acceptors (Lipinski definition) is 3. The van der Waals surface area contributed by atoms with Crippen molar-refractivity contribution in [2.45, 2.75) is 13.5 Å². The molecular weight excluding hydrogens is 206 g/mol. The molecule has 0 radical (unpaired) electrons. The van der Waals surface area contributed by atoms with Gasteiger partial charge in [0.2, 0.25) is 0 Å². The van der Waals surface area contributed by atoms with Crippen molar-refractivity contribution < 1.29 is 18.1 Å². The van der Waals surface area contributed by atoms with E-state index in [4.69, 9.17) is 4.55 Å². The zero-order valence-electron chi connectivity index (χ0n) is 7.56. The molecule has 6 heteroatoms. The van der Waals surface area contributed by atoms with Gasteiger partial charge in [-0.05, 0) is 18.6 Å². The summed E-state index contributed by atoms with van der Waals surface area (Å²) in [5, 5.41) is 9.37. The Hall–Kier alpha value is -1.11. The molecule has 1 aromatic carbocycles. The van der Waals surface area contributed by atoms with Crippen molar-refractivity contribution >= 4 is 10.3 Å². The summed E-state index contributed by atoms with van der Waals surface area (Å²) < 4.78 is 31.1. The third-order valence-electron chi connectivity index (χ3n) is 1.82. The van der Waals surface area contributed by atoms with Crippen LogP contribution in [0.25, 0.3) is 0 Å². The normalized spacial score (nSPS) is 11.6. The first-order valence-electron chi connectivity index (χ1n) is 3.89. The lowest BCUT2D eigenvalue weighted by molar-refractivity contribution is 0.457. The molecule has 0 aliphatic rings. The number of hydrogen-bond donors (Lipinski definition) is 3. The van der Waals surface area contributed by atoms with E-state index in [-0.39, 0.29) is 12.3 Å². The van der Waals surface area contributed by atoms with Crippen LogP contribution in [-0.4, -0.2) is 18.1 Å². The molecule has 0 heterocycles. The monoisotopic (exact) mass is 217 g/mol. The maximum absolute atomic E-state index is 10.4. The van der Waals surface area contributed by atoms with E-state index in [2.05, 4.69) is 0 Å². The molecule has 0 unspecified atom stereocenters. The summed E-state index contributed by atoms with van der Waals surface area (Å²) in [5.41, 5.74) is 1.20. The fraction of sp³-hybridized carbons (Fsp3) is 0.250. The number of rotatable bonds is 3. The molecule has 0 saturated heterocycles. The van der Waals surface area contributed by atoms with Crippen molar-refractivity contribution in [1.82, 2.24) is 4.72 Å². The number of aryl methyl sites for hydroxylation is 1. The van der Waals surface area contributed by atoms with Crippen LogP contribution >= 0.6 is 0 Å². The Kier molecular flexibility index (Phi) is 3.10. The lowest BCUT2D eigenvalue weighted by Gasteiger charge is -2.07. The van der Waals surface area contributed by atoms with Crippen molar-refractivity contribution in [1.29, 1.82) is 0 Å². The van der Waals surface area contributed by atoms with Crippen LogP contribution in [0.2, 0.25) is 0 Å². The summed E-state index contributed by atoms with van der Waals surface area (Å²) in [6, 6.07) is 4.84. The molecule has 0 bridgehead atoms. The highest BCUT2D eigenvalue weighted by molar-refractivity contribution is 7.83. The van der Waals surface area contributed by atoms with Crippen LogP contribution in [0.4, 0.5) is 0 Å². The Morgan fingerprint density at radius 2 is 2.07 bits per heavy atom. The highest BCUT2D eigenvalue weighted by atomic mass is 32.2. The topological polar surface area (TPSA) is 86.6 Å².